The Bertz CT molecular complexity index is 1110. The summed E-state index contributed by atoms with van der Waals surface area (Å²) in [6, 6.07) is 8.60. The van der Waals surface area contributed by atoms with Crippen LogP contribution >= 0.6 is 0 Å². The molecule has 7 heteroatoms. The van der Waals surface area contributed by atoms with Gasteiger partial charge in [0.1, 0.15) is 5.58 Å². The molecule has 2 aromatic carbocycles. The van der Waals surface area contributed by atoms with Crippen molar-refractivity contribution < 1.29 is 28.5 Å². The number of fused-ring (bicyclic) bond motifs is 1. The van der Waals surface area contributed by atoms with Gasteiger partial charge in [-0.1, -0.05) is 6.07 Å². The molecule has 0 unspecified atom stereocenters. The van der Waals surface area contributed by atoms with E-state index >= 15 is 0 Å². The largest absolute Gasteiger partial charge is 0.493 e. The number of hydrogen-bond donors (Lipinski definition) is 1. The summed E-state index contributed by atoms with van der Waals surface area (Å²) in [5, 5.41) is 9.34. The van der Waals surface area contributed by atoms with E-state index in [-0.39, 0.29) is 11.5 Å². The maximum atomic E-state index is 13.1. The van der Waals surface area contributed by atoms with E-state index in [1.165, 1.54) is 14.2 Å². The first kappa shape index (κ1) is 19.3. The maximum absolute atomic E-state index is 13.1. The highest BCUT2D eigenvalue weighted by atomic mass is 16.5. The highest BCUT2D eigenvalue weighted by Crippen LogP contribution is 2.37. The highest BCUT2D eigenvalue weighted by Gasteiger charge is 2.21. The summed E-state index contributed by atoms with van der Waals surface area (Å²) >= 11 is 0. The van der Waals surface area contributed by atoms with Gasteiger partial charge < -0.3 is 23.7 Å². The lowest BCUT2D eigenvalue weighted by molar-refractivity contribution is -0.139. The standard InChI is InChI=1S/C21H20O7/c1-11-7-12(2)18-16(8-11)28-20(21(19(18)24)27-10-17(22)23)13-5-6-14(25-3)15(9-13)26-4/h5-9H,10H2,1-4H3,(H,22,23). The first-order valence-electron chi connectivity index (χ1n) is 8.50. The first-order valence-corrected chi connectivity index (χ1v) is 8.50. The Morgan fingerprint density at radius 1 is 1.07 bits per heavy atom. The molecule has 0 saturated carbocycles. The summed E-state index contributed by atoms with van der Waals surface area (Å²) in [5.41, 5.74) is 2.13. The van der Waals surface area contributed by atoms with Crippen LogP contribution < -0.4 is 19.6 Å². The zero-order valence-electron chi connectivity index (χ0n) is 16.0. The van der Waals surface area contributed by atoms with Crippen LogP contribution in [-0.2, 0) is 4.79 Å². The molecule has 1 aromatic heterocycles. The molecule has 0 aliphatic heterocycles. The minimum atomic E-state index is -1.20. The Morgan fingerprint density at radius 2 is 1.79 bits per heavy atom. The molecule has 0 radical (unpaired) electrons. The van der Waals surface area contributed by atoms with E-state index < -0.39 is 18.0 Å². The lowest BCUT2D eigenvalue weighted by Gasteiger charge is -2.14. The highest BCUT2D eigenvalue weighted by molar-refractivity contribution is 5.85. The van der Waals surface area contributed by atoms with Crippen molar-refractivity contribution in [1.29, 1.82) is 0 Å². The van der Waals surface area contributed by atoms with Gasteiger partial charge in [-0.25, -0.2) is 4.79 Å². The summed E-state index contributed by atoms with van der Waals surface area (Å²) in [5.74, 6) is -0.279. The van der Waals surface area contributed by atoms with Crippen molar-refractivity contribution in [3.05, 3.63) is 51.7 Å². The Kier molecular flexibility index (Phi) is 5.26. The van der Waals surface area contributed by atoms with E-state index in [1.54, 1.807) is 31.2 Å². The summed E-state index contributed by atoms with van der Waals surface area (Å²) in [4.78, 5) is 24.1. The second kappa shape index (κ2) is 7.64. The number of carbonyl (C=O) groups is 1. The third kappa shape index (κ3) is 3.51. The van der Waals surface area contributed by atoms with Crippen LogP contribution in [0, 0.1) is 13.8 Å². The molecule has 0 aliphatic carbocycles. The van der Waals surface area contributed by atoms with Crippen LogP contribution in [0.15, 0.2) is 39.5 Å². The van der Waals surface area contributed by atoms with Crippen molar-refractivity contribution in [2.45, 2.75) is 13.8 Å². The molecule has 1 N–H and O–H groups in total. The van der Waals surface area contributed by atoms with Gasteiger partial charge in [0.15, 0.2) is 23.9 Å². The van der Waals surface area contributed by atoms with Crippen LogP contribution in [0.1, 0.15) is 11.1 Å². The van der Waals surface area contributed by atoms with E-state index in [4.69, 9.17) is 23.7 Å². The lowest BCUT2D eigenvalue weighted by Crippen LogP contribution is -2.16. The molecule has 0 bridgehead atoms. The molecule has 0 fully saturated rings. The topological polar surface area (TPSA) is 95.2 Å². The van der Waals surface area contributed by atoms with Crippen molar-refractivity contribution >= 4 is 16.9 Å². The van der Waals surface area contributed by atoms with Gasteiger partial charge >= 0.3 is 5.97 Å². The van der Waals surface area contributed by atoms with Gasteiger partial charge in [0.05, 0.1) is 19.6 Å². The van der Waals surface area contributed by atoms with E-state index in [0.29, 0.717) is 28.0 Å². The summed E-state index contributed by atoms with van der Waals surface area (Å²) in [6.45, 7) is 3.03. The summed E-state index contributed by atoms with van der Waals surface area (Å²) in [7, 11) is 3.01. The number of rotatable bonds is 6. The Hall–Kier alpha value is -3.48. The van der Waals surface area contributed by atoms with Gasteiger partial charge in [-0.2, -0.15) is 0 Å². The van der Waals surface area contributed by atoms with Crippen LogP contribution in [0.5, 0.6) is 17.2 Å². The van der Waals surface area contributed by atoms with Crippen molar-refractivity contribution in [3.8, 4) is 28.6 Å². The quantitative estimate of drug-likeness (QED) is 0.694. The number of carboxylic acid groups (broad SMARTS) is 1. The first-order chi connectivity index (χ1) is 13.3. The Balaban J connectivity index is 2.32. The minimum absolute atomic E-state index is 0.129. The van der Waals surface area contributed by atoms with Crippen LogP contribution in [0.2, 0.25) is 0 Å². The molecule has 0 amide bonds. The number of hydrogen-bond acceptors (Lipinski definition) is 6. The van der Waals surface area contributed by atoms with Crippen LogP contribution in [-0.4, -0.2) is 31.9 Å². The smallest absolute Gasteiger partial charge is 0.341 e. The second-order valence-electron chi connectivity index (χ2n) is 6.30. The third-order valence-electron chi connectivity index (χ3n) is 4.28. The Morgan fingerprint density at radius 3 is 2.43 bits per heavy atom. The Labute approximate surface area is 161 Å². The molecule has 0 atom stereocenters. The van der Waals surface area contributed by atoms with Crippen LogP contribution in [0.3, 0.4) is 0 Å². The number of benzene rings is 2. The molecule has 0 aliphatic rings. The van der Waals surface area contributed by atoms with Crippen LogP contribution in [0.25, 0.3) is 22.3 Å². The molecule has 3 aromatic rings. The molecular formula is C21H20O7. The number of methoxy groups -OCH3 is 2. The molecule has 3 rings (SSSR count). The van der Waals surface area contributed by atoms with Crippen molar-refractivity contribution in [2.75, 3.05) is 20.8 Å². The van der Waals surface area contributed by atoms with Gasteiger partial charge in [-0.3, -0.25) is 4.79 Å². The van der Waals surface area contributed by atoms with Gasteiger partial charge in [-0.05, 0) is 49.2 Å². The summed E-state index contributed by atoms with van der Waals surface area (Å²) < 4.78 is 21.9. The van der Waals surface area contributed by atoms with Crippen molar-refractivity contribution in [2.24, 2.45) is 0 Å². The number of ether oxygens (including phenoxy) is 3. The predicted molar refractivity (Wildman–Crippen MR) is 104 cm³/mol. The maximum Gasteiger partial charge on any atom is 0.341 e. The van der Waals surface area contributed by atoms with E-state index in [9.17, 15) is 9.59 Å². The van der Waals surface area contributed by atoms with Gasteiger partial charge in [0, 0.05) is 5.56 Å². The average molecular weight is 384 g/mol. The molecule has 1 heterocycles. The molecule has 28 heavy (non-hydrogen) atoms. The summed E-state index contributed by atoms with van der Waals surface area (Å²) in [6.07, 6.45) is 0. The SMILES string of the molecule is COc1ccc(-c2oc3cc(C)cc(C)c3c(=O)c2OCC(=O)O)cc1OC. The predicted octanol–water partition coefficient (Wildman–Crippen LogP) is 3.56. The fourth-order valence-electron chi connectivity index (χ4n) is 3.11. The van der Waals surface area contributed by atoms with Gasteiger partial charge in [0.25, 0.3) is 0 Å². The monoisotopic (exact) mass is 384 g/mol. The van der Waals surface area contributed by atoms with Crippen LogP contribution in [0.4, 0.5) is 0 Å². The molecule has 7 nitrogen and oxygen atoms in total. The fraction of sp³-hybridized carbons (Fsp3) is 0.238. The second-order valence-corrected chi connectivity index (χ2v) is 6.30. The molecule has 0 saturated heterocycles. The third-order valence-corrected chi connectivity index (χ3v) is 4.28. The average Bonchev–Trinajstić information content (AvgIpc) is 2.65. The normalized spacial score (nSPS) is 10.7. The van der Waals surface area contributed by atoms with E-state index in [2.05, 4.69) is 0 Å². The number of aliphatic carboxylic acids is 1. The van der Waals surface area contributed by atoms with Gasteiger partial charge in [0.2, 0.25) is 11.2 Å². The zero-order chi connectivity index (χ0) is 20.4. The van der Waals surface area contributed by atoms with Crippen molar-refractivity contribution in [3.63, 3.8) is 0 Å². The lowest BCUT2D eigenvalue weighted by atomic mass is 10.0. The number of carboxylic acids is 1. The zero-order valence-corrected chi connectivity index (χ0v) is 16.0. The van der Waals surface area contributed by atoms with Crippen molar-refractivity contribution in [1.82, 2.24) is 0 Å². The van der Waals surface area contributed by atoms with E-state index in [0.717, 1.165) is 11.1 Å². The molecule has 0 spiro atoms. The molecule has 146 valence electrons. The van der Waals surface area contributed by atoms with Gasteiger partial charge in [-0.15, -0.1) is 0 Å². The fourth-order valence-corrected chi connectivity index (χ4v) is 3.11. The molecular weight excluding hydrogens is 364 g/mol. The minimum Gasteiger partial charge on any atom is -0.493 e. The number of aryl methyl sites for hydroxylation is 2. The van der Waals surface area contributed by atoms with E-state index in [1.807, 2.05) is 13.0 Å².